The summed E-state index contributed by atoms with van der Waals surface area (Å²) in [6, 6.07) is 15.6. The Kier molecular flexibility index (Phi) is 12.5. The number of ether oxygens (including phenoxy) is 3. The first-order valence-corrected chi connectivity index (χ1v) is 18.7. The van der Waals surface area contributed by atoms with Crippen LogP contribution in [0.1, 0.15) is 76.1 Å². The molecule has 12 nitrogen and oxygen atoms in total. The molecule has 0 spiro atoms. The number of hydrogen-bond donors (Lipinski definition) is 2. The normalized spacial score (nSPS) is 15.6. The quantitative estimate of drug-likeness (QED) is 0.0929. The molecule has 13 heteroatoms. The number of phenols is 1. The molecule has 6 rings (SSSR count). The van der Waals surface area contributed by atoms with Crippen LogP contribution < -0.4 is 10.1 Å². The van der Waals surface area contributed by atoms with E-state index in [1.54, 1.807) is 16.8 Å². The van der Waals surface area contributed by atoms with Crippen LogP contribution in [0.4, 0.5) is 0 Å². The Bertz CT molecular complexity index is 2060. The molecule has 0 radical (unpaired) electrons. The molecule has 1 fully saturated rings. The van der Waals surface area contributed by atoms with E-state index in [-0.39, 0.29) is 48.7 Å². The first kappa shape index (κ1) is 38.7. The highest BCUT2D eigenvalue weighted by Crippen LogP contribution is 2.42. The summed E-state index contributed by atoms with van der Waals surface area (Å²) in [6.45, 7) is 5.73. The summed E-state index contributed by atoms with van der Waals surface area (Å²) in [5, 5.41) is 18.9. The van der Waals surface area contributed by atoms with E-state index in [2.05, 4.69) is 16.5 Å². The van der Waals surface area contributed by atoms with Gasteiger partial charge in [-0.3, -0.25) is 34.1 Å². The number of phenolic OH excluding ortho intramolecular Hbond substituents is 1. The molecule has 2 N–H and O–H groups in total. The first-order chi connectivity index (χ1) is 26.0. The van der Waals surface area contributed by atoms with Crippen molar-refractivity contribution in [3.63, 3.8) is 0 Å². The number of aromatic hydroxyl groups is 1. The average Bonchev–Trinajstić information content (AvgIpc) is 3.61. The highest BCUT2D eigenvalue weighted by Gasteiger charge is 2.46. The Balaban J connectivity index is 0.897. The predicted octanol–water partition coefficient (Wildman–Crippen LogP) is 6.35. The van der Waals surface area contributed by atoms with Crippen molar-refractivity contribution >= 4 is 35.2 Å². The molecular weight excluding hydrogens is 712 g/mol. The standard InChI is InChI=1S/C41H45ClN4O8/c1-25-23-28(13-15-31(25)42)36-27(12-14-29(38(36)48)33-24-26(2)44-45(33)3)9-6-4-5-7-18-52-19-20-53-21-22-54-34-11-8-10-30-37(34)41(51)46(40(30)50)32-16-17-35(47)43-39(32)49/h8,10-15,23-24,32,48H,4-7,9,16-22H2,1-3H3,(H,43,47,49). The number of hydrogen-bond acceptors (Lipinski definition) is 9. The second kappa shape index (κ2) is 17.4. The fourth-order valence-corrected chi connectivity index (χ4v) is 7.16. The molecule has 284 valence electrons. The number of nitrogens with zero attached hydrogens (tertiary/aromatic N) is 3. The van der Waals surface area contributed by atoms with E-state index in [0.717, 1.165) is 76.2 Å². The van der Waals surface area contributed by atoms with Gasteiger partial charge in [-0.25, -0.2) is 0 Å². The largest absolute Gasteiger partial charge is 0.507 e. The van der Waals surface area contributed by atoms with Crippen molar-refractivity contribution in [1.29, 1.82) is 0 Å². The third-order valence-corrected chi connectivity index (χ3v) is 10.2. The third-order valence-electron chi connectivity index (χ3n) is 9.76. The molecule has 4 amide bonds. The van der Waals surface area contributed by atoms with Crippen LogP contribution in [0.3, 0.4) is 0 Å². The minimum absolute atomic E-state index is 0.0534. The predicted molar refractivity (Wildman–Crippen MR) is 203 cm³/mol. The lowest BCUT2D eigenvalue weighted by Gasteiger charge is -2.27. The zero-order chi connectivity index (χ0) is 38.4. The minimum Gasteiger partial charge on any atom is -0.507 e. The number of halogens is 1. The van der Waals surface area contributed by atoms with Gasteiger partial charge in [0.25, 0.3) is 11.8 Å². The van der Waals surface area contributed by atoms with E-state index in [1.165, 1.54) is 6.07 Å². The Morgan fingerprint density at radius 3 is 2.35 bits per heavy atom. The number of benzene rings is 3. The molecule has 54 heavy (non-hydrogen) atoms. The first-order valence-electron chi connectivity index (χ1n) is 18.3. The number of fused-ring (bicyclic) bond motifs is 1. The van der Waals surface area contributed by atoms with Gasteiger partial charge in [0, 0.05) is 36.2 Å². The van der Waals surface area contributed by atoms with Crippen molar-refractivity contribution in [2.24, 2.45) is 7.05 Å². The average molecular weight is 757 g/mol. The summed E-state index contributed by atoms with van der Waals surface area (Å²) >= 11 is 6.33. The van der Waals surface area contributed by atoms with Crippen LogP contribution in [0.5, 0.6) is 11.5 Å². The molecule has 0 saturated carbocycles. The van der Waals surface area contributed by atoms with Crippen LogP contribution in [-0.2, 0) is 32.5 Å². The zero-order valence-electron chi connectivity index (χ0n) is 30.8. The molecule has 2 aliphatic heterocycles. The lowest BCUT2D eigenvalue weighted by molar-refractivity contribution is -0.136. The molecular formula is C41H45ClN4O8. The highest BCUT2D eigenvalue weighted by molar-refractivity contribution is 6.31. The molecule has 0 bridgehead atoms. The number of amides is 4. The maximum Gasteiger partial charge on any atom is 0.266 e. The fourth-order valence-electron chi connectivity index (χ4n) is 7.04. The molecule has 2 aliphatic rings. The Hall–Kier alpha value is -5.04. The van der Waals surface area contributed by atoms with Crippen molar-refractivity contribution in [3.05, 3.63) is 87.6 Å². The number of carbonyl (C=O) groups is 4. The second-order valence-electron chi connectivity index (χ2n) is 13.6. The monoisotopic (exact) mass is 756 g/mol. The fraction of sp³-hybridized carbons (Fsp3) is 0.390. The van der Waals surface area contributed by atoms with E-state index < -0.39 is 29.7 Å². The maximum absolute atomic E-state index is 13.2. The van der Waals surface area contributed by atoms with Crippen LogP contribution >= 0.6 is 11.6 Å². The third kappa shape index (κ3) is 8.51. The van der Waals surface area contributed by atoms with E-state index in [4.69, 9.17) is 25.8 Å². The summed E-state index contributed by atoms with van der Waals surface area (Å²) in [4.78, 5) is 51.0. The Labute approximate surface area is 319 Å². The smallest absolute Gasteiger partial charge is 0.266 e. The van der Waals surface area contributed by atoms with Gasteiger partial charge in [-0.15, -0.1) is 0 Å². The van der Waals surface area contributed by atoms with Gasteiger partial charge in [-0.2, -0.15) is 5.10 Å². The molecule has 1 aromatic heterocycles. The van der Waals surface area contributed by atoms with Crippen molar-refractivity contribution in [2.75, 3.05) is 33.0 Å². The summed E-state index contributed by atoms with van der Waals surface area (Å²) < 4.78 is 19.0. The van der Waals surface area contributed by atoms with Crippen molar-refractivity contribution in [2.45, 2.75) is 64.8 Å². The van der Waals surface area contributed by atoms with Gasteiger partial charge in [0.2, 0.25) is 11.8 Å². The lowest BCUT2D eigenvalue weighted by Crippen LogP contribution is -2.54. The van der Waals surface area contributed by atoms with Crippen LogP contribution in [0.2, 0.25) is 5.02 Å². The number of aromatic nitrogens is 2. The molecule has 1 saturated heterocycles. The molecule has 3 aromatic carbocycles. The Morgan fingerprint density at radius 2 is 1.61 bits per heavy atom. The van der Waals surface area contributed by atoms with Gasteiger partial charge >= 0.3 is 0 Å². The number of rotatable bonds is 17. The van der Waals surface area contributed by atoms with E-state index >= 15 is 0 Å². The number of aryl methyl sites for hydroxylation is 4. The van der Waals surface area contributed by atoms with Gasteiger partial charge < -0.3 is 19.3 Å². The molecule has 1 unspecified atom stereocenters. The molecule has 4 aromatic rings. The van der Waals surface area contributed by atoms with Crippen molar-refractivity contribution in [1.82, 2.24) is 20.0 Å². The molecule has 3 heterocycles. The van der Waals surface area contributed by atoms with Crippen LogP contribution in [0.15, 0.2) is 54.6 Å². The van der Waals surface area contributed by atoms with E-state index in [1.807, 2.05) is 51.2 Å². The minimum atomic E-state index is -1.04. The zero-order valence-corrected chi connectivity index (χ0v) is 31.5. The highest BCUT2D eigenvalue weighted by atomic mass is 35.5. The van der Waals surface area contributed by atoms with Gasteiger partial charge in [-0.05, 0) is 92.6 Å². The van der Waals surface area contributed by atoms with Gasteiger partial charge in [0.1, 0.15) is 24.1 Å². The summed E-state index contributed by atoms with van der Waals surface area (Å²) in [5.74, 6) is -1.79. The number of carbonyl (C=O) groups excluding carboxylic acids is 4. The van der Waals surface area contributed by atoms with Gasteiger partial charge in [0.05, 0.1) is 42.3 Å². The number of unbranched alkanes of at least 4 members (excludes halogenated alkanes) is 3. The summed E-state index contributed by atoms with van der Waals surface area (Å²) in [7, 11) is 1.88. The summed E-state index contributed by atoms with van der Waals surface area (Å²) in [5.41, 5.74) is 6.55. The maximum atomic E-state index is 13.2. The number of piperidine rings is 1. The Morgan fingerprint density at radius 1 is 0.852 bits per heavy atom. The lowest BCUT2D eigenvalue weighted by atomic mass is 9.91. The van der Waals surface area contributed by atoms with Crippen molar-refractivity contribution < 1.29 is 38.5 Å². The van der Waals surface area contributed by atoms with Gasteiger partial charge in [0.15, 0.2) is 0 Å². The second-order valence-corrected chi connectivity index (χ2v) is 14.0. The topological polar surface area (TPSA) is 149 Å². The number of nitrogens with one attached hydrogen (secondary N) is 1. The molecule has 0 aliphatic carbocycles. The van der Waals surface area contributed by atoms with Crippen LogP contribution in [-0.4, -0.2) is 82.5 Å². The van der Waals surface area contributed by atoms with Crippen LogP contribution in [0, 0.1) is 13.8 Å². The van der Waals surface area contributed by atoms with Crippen LogP contribution in [0.25, 0.3) is 22.4 Å². The van der Waals surface area contributed by atoms with E-state index in [9.17, 15) is 24.3 Å². The summed E-state index contributed by atoms with van der Waals surface area (Å²) in [6.07, 6.45) is 4.86. The molecule has 1 atom stereocenters. The van der Waals surface area contributed by atoms with E-state index in [0.29, 0.717) is 24.8 Å². The SMILES string of the molecule is Cc1cc(-c2ccc(CCCCCCOCCOCCOc3cccc4c3C(=O)N(C3CCC(=O)NC3=O)C4=O)c(-c3ccc(Cl)c(C)c3)c2O)n(C)n1. The number of imide groups is 2. The van der Waals surface area contributed by atoms with Crippen molar-refractivity contribution in [3.8, 4) is 33.9 Å². The van der Waals surface area contributed by atoms with Gasteiger partial charge in [-0.1, -0.05) is 42.6 Å².